The molecule has 0 spiro atoms. The van der Waals surface area contributed by atoms with Crippen molar-refractivity contribution < 1.29 is 18.7 Å². The maximum Gasteiger partial charge on any atom is 0.261 e. The summed E-state index contributed by atoms with van der Waals surface area (Å²) >= 11 is 0. The minimum atomic E-state index is -0.409. The van der Waals surface area contributed by atoms with Gasteiger partial charge in [0.2, 0.25) is 0 Å². The molecule has 7 nitrogen and oxygen atoms in total. The van der Waals surface area contributed by atoms with E-state index in [1.165, 1.54) is 18.1 Å². The Morgan fingerprint density at radius 3 is 2.36 bits per heavy atom. The lowest BCUT2D eigenvalue weighted by Gasteiger charge is -2.19. The minimum absolute atomic E-state index is 0. The fourth-order valence-electron chi connectivity index (χ4n) is 3.58. The molecule has 0 fully saturated rings. The zero-order chi connectivity index (χ0) is 23.1. The van der Waals surface area contributed by atoms with Crippen LogP contribution in [0.2, 0.25) is 0 Å². The zero-order valence-corrected chi connectivity index (χ0v) is 21.4. The van der Waals surface area contributed by atoms with Gasteiger partial charge in [-0.1, -0.05) is 18.2 Å². The van der Waals surface area contributed by atoms with Crippen molar-refractivity contribution in [1.29, 1.82) is 0 Å². The van der Waals surface area contributed by atoms with E-state index in [0.29, 0.717) is 43.1 Å². The van der Waals surface area contributed by atoms with Crippen LogP contribution in [0.4, 0.5) is 4.39 Å². The summed E-state index contributed by atoms with van der Waals surface area (Å²) in [6, 6.07) is 11.6. The first kappa shape index (κ1) is 26.6. The number of rotatable bonds is 9. The van der Waals surface area contributed by atoms with Gasteiger partial charge in [-0.2, -0.15) is 0 Å². The number of hydrogen-bond donors (Lipinski definition) is 2. The summed E-state index contributed by atoms with van der Waals surface area (Å²) in [5, 5.41) is 6.45. The highest BCUT2D eigenvalue weighted by Crippen LogP contribution is 2.23. The van der Waals surface area contributed by atoms with E-state index in [9.17, 15) is 14.0 Å². The monoisotopic (exact) mass is 568 g/mol. The third-order valence-corrected chi connectivity index (χ3v) is 5.31. The number of nitrogens with one attached hydrogen (secondary N) is 2. The van der Waals surface area contributed by atoms with Gasteiger partial charge < -0.3 is 15.4 Å². The molecular formula is C24H30FIN4O3. The molecule has 9 heteroatoms. The molecule has 0 saturated heterocycles. The Kier molecular flexibility index (Phi) is 10.1. The number of fused-ring (bicyclic) bond motifs is 1. The summed E-state index contributed by atoms with van der Waals surface area (Å²) < 4.78 is 19.0. The molecule has 1 atom stereocenters. The number of methoxy groups -OCH3 is 1. The number of halogens is 2. The molecule has 1 aliphatic rings. The number of guanidine groups is 1. The van der Waals surface area contributed by atoms with Gasteiger partial charge in [-0.3, -0.25) is 19.5 Å². The van der Waals surface area contributed by atoms with Gasteiger partial charge in [0.05, 0.1) is 24.3 Å². The van der Waals surface area contributed by atoms with Gasteiger partial charge >= 0.3 is 0 Å². The van der Waals surface area contributed by atoms with Crippen LogP contribution in [0.5, 0.6) is 5.75 Å². The molecule has 2 amide bonds. The van der Waals surface area contributed by atoms with Gasteiger partial charge in [0.15, 0.2) is 17.5 Å². The van der Waals surface area contributed by atoms with Crippen LogP contribution in [0.15, 0.2) is 47.5 Å². The van der Waals surface area contributed by atoms with E-state index in [1.807, 2.05) is 19.9 Å². The third kappa shape index (κ3) is 6.43. The van der Waals surface area contributed by atoms with E-state index in [4.69, 9.17) is 4.74 Å². The first-order valence-corrected chi connectivity index (χ1v) is 10.8. The highest BCUT2D eigenvalue weighted by molar-refractivity contribution is 14.0. The van der Waals surface area contributed by atoms with Gasteiger partial charge in [0.25, 0.3) is 11.8 Å². The average Bonchev–Trinajstić information content (AvgIpc) is 3.03. The smallest absolute Gasteiger partial charge is 0.261 e. The Morgan fingerprint density at radius 1 is 1.12 bits per heavy atom. The number of nitrogens with zero attached hydrogens (tertiary/aromatic N) is 2. The molecule has 2 N–H and O–H groups in total. The van der Waals surface area contributed by atoms with Crippen LogP contribution in [0.25, 0.3) is 0 Å². The number of benzene rings is 2. The van der Waals surface area contributed by atoms with E-state index in [-0.39, 0.29) is 47.6 Å². The summed E-state index contributed by atoms with van der Waals surface area (Å²) in [6.07, 6.45) is 1.38. The van der Waals surface area contributed by atoms with E-state index in [0.717, 1.165) is 12.0 Å². The van der Waals surface area contributed by atoms with Crippen molar-refractivity contribution in [1.82, 2.24) is 15.5 Å². The Labute approximate surface area is 210 Å². The number of amides is 2. The number of carbonyl (C=O) groups excluding carboxylic acids is 2. The lowest BCUT2D eigenvalue weighted by atomic mass is 10.1. The van der Waals surface area contributed by atoms with Crippen LogP contribution >= 0.6 is 24.0 Å². The zero-order valence-electron chi connectivity index (χ0n) is 19.1. The lowest BCUT2D eigenvalue weighted by molar-refractivity contribution is 0.0652. The first-order chi connectivity index (χ1) is 15.5. The topological polar surface area (TPSA) is 83.0 Å². The predicted octanol–water partition coefficient (Wildman–Crippen LogP) is 4.14. The molecule has 0 saturated carbocycles. The van der Waals surface area contributed by atoms with Crippen LogP contribution in [0.1, 0.15) is 59.0 Å². The van der Waals surface area contributed by atoms with E-state index in [1.54, 1.807) is 30.3 Å². The molecule has 0 bridgehead atoms. The van der Waals surface area contributed by atoms with Crippen LogP contribution in [0, 0.1) is 5.82 Å². The normalized spacial score (nSPS) is 13.9. The van der Waals surface area contributed by atoms with Crippen molar-refractivity contribution >= 4 is 41.8 Å². The standard InChI is InChI=1S/C24H29FN4O3.HI/c1-4-26-24(28-16(2)17-11-12-21(32-3)20(25)15-17)27-13-7-8-14-29-22(30)18-9-5-6-10-19(18)23(29)31;/h5-6,9-12,15-16H,4,7-8,13-14H2,1-3H3,(H2,26,27,28);1H. The first-order valence-electron chi connectivity index (χ1n) is 10.8. The maximum absolute atomic E-state index is 14.0. The summed E-state index contributed by atoms with van der Waals surface area (Å²) in [7, 11) is 1.43. The molecule has 2 aromatic carbocycles. The Balaban J connectivity index is 0.00000385. The number of carbonyl (C=O) groups is 2. The summed E-state index contributed by atoms with van der Waals surface area (Å²) in [4.78, 5) is 30.7. The highest BCUT2D eigenvalue weighted by atomic mass is 127. The van der Waals surface area contributed by atoms with Crippen LogP contribution in [-0.4, -0.2) is 49.4 Å². The SMILES string of the molecule is CCNC(=NCCCCN1C(=O)c2ccccc2C1=O)NC(C)c1ccc(OC)c(F)c1.I. The molecule has 1 unspecified atom stereocenters. The van der Waals surface area contributed by atoms with Gasteiger partial charge in [-0.25, -0.2) is 4.39 Å². The number of aliphatic imine (C=N–C) groups is 1. The molecule has 178 valence electrons. The second kappa shape index (κ2) is 12.5. The van der Waals surface area contributed by atoms with Crippen molar-refractivity contribution in [2.45, 2.75) is 32.7 Å². The Morgan fingerprint density at radius 2 is 1.79 bits per heavy atom. The second-order valence-electron chi connectivity index (χ2n) is 7.54. The second-order valence-corrected chi connectivity index (χ2v) is 7.54. The summed E-state index contributed by atoms with van der Waals surface area (Å²) in [6.45, 7) is 5.48. The Bertz CT molecular complexity index is 980. The summed E-state index contributed by atoms with van der Waals surface area (Å²) in [5.41, 5.74) is 1.72. The molecule has 33 heavy (non-hydrogen) atoms. The van der Waals surface area contributed by atoms with Crippen molar-refractivity contribution in [3.05, 3.63) is 65.0 Å². The molecule has 1 heterocycles. The van der Waals surface area contributed by atoms with Crippen LogP contribution < -0.4 is 15.4 Å². The fraction of sp³-hybridized carbons (Fsp3) is 0.375. The molecule has 0 aromatic heterocycles. The van der Waals surface area contributed by atoms with E-state index in [2.05, 4.69) is 15.6 Å². The molecule has 3 rings (SSSR count). The van der Waals surface area contributed by atoms with Crippen molar-refractivity contribution in [2.75, 3.05) is 26.7 Å². The summed E-state index contributed by atoms with van der Waals surface area (Å²) in [5.74, 6) is -0.0420. The number of hydrogen-bond acceptors (Lipinski definition) is 4. The molecule has 1 aliphatic heterocycles. The van der Waals surface area contributed by atoms with Gasteiger partial charge in [0, 0.05) is 19.6 Å². The largest absolute Gasteiger partial charge is 0.494 e. The average molecular weight is 568 g/mol. The van der Waals surface area contributed by atoms with Crippen molar-refractivity contribution in [3.8, 4) is 5.75 Å². The number of imide groups is 1. The van der Waals surface area contributed by atoms with Crippen molar-refractivity contribution in [2.24, 2.45) is 4.99 Å². The molecule has 0 radical (unpaired) electrons. The van der Waals surface area contributed by atoms with Crippen LogP contribution in [0.3, 0.4) is 0 Å². The number of ether oxygens (including phenoxy) is 1. The predicted molar refractivity (Wildman–Crippen MR) is 137 cm³/mol. The van der Waals surface area contributed by atoms with E-state index >= 15 is 0 Å². The fourth-order valence-corrected chi connectivity index (χ4v) is 3.58. The lowest BCUT2D eigenvalue weighted by Crippen LogP contribution is -2.38. The molecule has 0 aliphatic carbocycles. The molecule has 2 aromatic rings. The van der Waals surface area contributed by atoms with Gasteiger partial charge in [-0.15, -0.1) is 24.0 Å². The molecular weight excluding hydrogens is 538 g/mol. The Hall–Kier alpha value is -2.69. The maximum atomic E-state index is 14.0. The third-order valence-electron chi connectivity index (χ3n) is 5.31. The van der Waals surface area contributed by atoms with Crippen LogP contribution in [-0.2, 0) is 0 Å². The highest BCUT2D eigenvalue weighted by Gasteiger charge is 2.34. The van der Waals surface area contributed by atoms with Crippen molar-refractivity contribution in [3.63, 3.8) is 0 Å². The number of unbranched alkanes of at least 4 members (excludes halogenated alkanes) is 1. The van der Waals surface area contributed by atoms with Gasteiger partial charge in [-0.05, 0) is 56.5 Å². The minimum Gasteiger partial charge on any atom is -0.494 e. The van der Waals surface area contributed by atoms with Gasteiger partial charge in [0.1, 0.15) is 0 Å². The quantitative estimate of drug-likeness (QED) is 0.156. The van der Waals surface area contributed by atoms with E-state index < -0.39 is 5.82 Å².